The van der Waals surface area contributed by atoms with Crippen LogP contribution in [0.25, 0.3) is 0 Å². The van der Waals surface area contributed by atoms with Crippen LogP contribution in [0.5, 0.6) is 0 Å². The number of aryl methyl sites for hydroxylation is 1. The third kappa shape index (κ3) is 4.47. The van der Waals surface area contributed by atoms with Crippen molar-refractivity contribution < 1.29 is 26.3 Å². The molecule has 1 aliphatic carbocycles. The van der Waals surface area contributed by atoms with Crippen molar-refractivity contribution in [2.75, 3.05) is 23.3 Å². The average Bonchev–Trinajstić information content (AvgIpc) is 3.30. The fourth-order valence-corrected chi connectivity index (χ4v) is 6.27. The Balaban J connectivity index is 1.22. The highest BCUT2D eigenvalue weighted by atomic mass is 19.4. The maximum atomic E-state index is 14.7. The number of anilines is 2. The van der Waals surface area contributed by atoms with E-state index in [2.05, 4.69) is 20.4 Å². The summed E-state index contributed by atoms with van der Waals surface area (Å²) >= 11 is 0. The van der Waals surface area contributed by atoms with Crippen molar-refractivity contribution in [3.8, 4) is 0 Å². The molecule has 6 nitrogen and oxygen atoms in total. The van der Waals surface area contributed by atoms with Crippen LogP contribution in [-0.2, 0) is 12.7 Å². The second-order valence-electron chi connectivity index (χ2n) is 10.4. The maximum Gasteiger partial charge on any atom is 0.433 e. The Morgan fingerprint density at radius 3 is 2.42 bits per heavy atom. The molecule has 2 fully saturated rings. The molecule has 0 radical (unpaired) electrons. The summed E-state index contributed by atoms with van der Waals surface area (Å²) in [6.07, 6.45) is 0.644. The number of nitrogens with one attached hydrogen (secondary N) is 1. The zero-order valence-electron chi connectivity index (χ0n) is 20.4. The predicted octanol–water partition coefficient (Wildman–Crippen LogP) is 5.75. The molecule has 12 heteroatoms. The summed E-state index contributed by atoms with van der Waals surface area (Å²) in [4.78, 5) is 10.1. The maximum absolute atomic E-state index is 14.7. The van der Waals surface area contributed by atoms with Crippen molar-refractivity contribution in [3.63, 3.8) is 0 Å². The normalized spacial score (nSPS) is 25.3. The van der Waals surface area contributed by atoms with E-state index in [0.717, 1.165) is 37.8 Å². The van der Waals surface area contributed by atoms with Crippen LogP contribution in [-0.4, -0.2) is 38.9 Å². The van der Waals surface area contributed by atoms with Crippen LogP contribution in [0.4, 0.5) is 38.0 Å². The number of halogens is 6. The Labute approximate surface area is 215 Å². The van der Waals surface area contributed by atoms with E-state index in [9.17, 15) is 26.3 Å². The lowest BCUT2D eigenvalue weighted by atomic mass is 9.91. The van der Waals surface area contributed by atoms with Gasteiger partial charge < -0.3 is 10.2 Å². The van der Waals surface area contributed by atoms with Crippen LogP contribution in [0.15, 0.2) is 30.5 Å². The Hall–Kier alpha value is -3.31. The zero-order chi connectivity index (χ0) is 26.6. The number of benzene rings is 1. The lowest BCUT2D eigenvalue weighted by Crippen LogP contribution is -2.48. The lowest BCUT2D eigenvalue weighted by molar-refractivity contribution is -0.141. The van der Waals surface area contributed by atoms with Gasteiger partial charge in [-0.2, -0.15) is 18.2 Å². The molecule has 2 bridgehead atoms. The molecule has 2 aliphatic heterocycles. The second-order valence-corrected chi connectivity index (χ2v) is 10.4. The van der Waals surface area contributed by atoms with Crippen molar-refractivity contribution in [2.45, 2.75) is 56.8 Å². The first kappa shape index (κ1) is 25.0. The number of pyridine rings is 1. The first-order valence-corrected chi connectivity index (χ1v) is 12.8. The van der Waals surface area contributed by atoms with Gasteiger partial charge >= 0.3 is 6.18 Å². The van der Waals surface area contributed by atoms with E-state index in [1.165, 1.54) is 12.3 Å². The van der Waals surface area contributed by atoms with E-state index in [1.807, 2.05) is 4.90 Å². The van der Waals surface area contributed by atoms with Gasteiger partial charge in [0.05, 0.1) is 0 Å². The SMILES string of the molecule is Fc1ccc(C2CCCCn3nc(NC4[C@@H]5CC[C@@H]4CN(c4ccnc(C(F)(F)F)c4)C5)nc32)c(F)c1F. The molecule has 6 rings (SSSR count). The molecule has 2 aromatic heterocycles. The number of nitrogens with zero attached hydrogens (tertiary/aromatic N) is 5. The summed E-state index contributed by atoms with van der Waals surface area (Å²) < 4.78 is 83.4. The number of hydrogen-bond acceptors (Lipinski definition) is 5. The minimum absolute atomic E-state index is 0.0419. The second kappa shape index (κ2) is 9.46. The Kier molecular flexibility index (Phi) is 6.22. The molecule has 38 heavy (non-hydrogen) atoms. The van der Waals surface area contributed by atoms with Gasteiger partial charge in [-0.15, -0.1) is 5.10 Å². The third-order valence-corrected chi connectivity index (χ3v) is 8.09. The first-order chi connectivity index (χ1) is 18.2. The summed E-state index contributed by atoms with van der Waals surface area (Å²) in [6.45, 7) is 1.76. The molecule has 3 atom stereocenters. The molecule has 1 aromatic carbocycles. The van der Waals surface area contributed by atoms with Crippen molar-refractivity contribution in [2.24, 2.45) is 11.8 Å². The number of hydrogen-bond donors (Lipinski definition) is 1. The summed E-state index contributed by atoms with van der Waals surface area (Å²) in [5.41, 5.74) is -0.334. The van der Waals surface area contributed by atoms with E-state index in [1.54, 1.807) is 10.7 Å². The van der Waals surface area contributed by atoms with Crippen LogP contribution < -0.4 is 10.2 Å². The topological polar surface area (TPSA) is 58.9 Å². The van der Waals surface area contributed by atoms with Crippen LogP contribution in [0, 0.1) is 29.3 Å². The van der Waals surface area contributed by atoms with Gasteiger partial charge in [0.2, 0.25) is 5.95 Å². The highest BCUT2D eigenvalue weighted by Gasteiger charge is 2.43. The summed E-state index contributed by atoms with van der Waals surface area (Å²) in [6, 6.07) is 4.95. The molecule has 0 spiro atoms. The number of aromatic nitrogens is 4. The molecule has 3 aromatic rings. The predicted molar refractivity (Wildman–Crippen MR) is 127 cm³/mol. The minimum Gasteiger partial charge on any atom is -0.371 e. The highest BCUT2D eigenvalue weighted by Crippen LogP contribution is 2.41. The largest absolute Gasteiger partial charge is 0.433 e. The molecule has 3 aliphatic rings. The average molecular weight is 537 g/mol. The molecule has 1 N–H and O–H groups in total. The van der Waals surface area contributed by atoms with Gasteiger partial charge in [-0.1, -0.05) is 12.5 Å². The van der Waals surface area contributed by atoms with Gasteiger partial charge in [-0.3, -0.25) is 4.98 Å². The Bertz CT molecular complexity index is 1330. The standard InChI is InChI=1S/C26H26F6N6/c27-19-7-6-17(21(28)22(19)29)18-3-1-2-10-38-24(18)35-25(36-38)34-23-14-4-5-15(23)13-37(12-14)16-8-9-33-20(11-16)26(30,31)32/h6-9,11,14-15,18,23H,1-5,10,12-13H2,(H,34,36)/t14-,15-,18?/m1/s1. The Morgan fingerprint density at radius 1 is 0.921 bits per heavy atom. The summed E-state index contributed by atoms with van der Waals surface area (Å²) in [5.74, 6) is -3.20. The van der Waals surface area contributed by atoms with Crippen molar-refractivity contribution in [1.82, 2.24) is 19.7 Å². The van der Waals surface area contributed by atoms with E-state index in [-0.39, 0.29) is 23.4 Å². The smallest absolute Gasteiger partial charge is 0.371 e. The highest BCUT2D eigenvalue weighted by molar-refractivity contribution is 5.49. The molecule has 0 amide bonds. The van der Waals surface area contributed by atoms with E-state index < -0.39 is 35.2 Å². The fourth-order valence-electron chi connectivity index (χ4n) is 6.27. The molecule has 4 heterocycles. The van der Waals surface area contributed by atoms with Crippen LogP contribution in [0.3, 0.4) is 0 Å². The number of alkyl halides is 3. The number of rotatable bonds is 4. The minimum atomic E-state index is -4.50. The van der Waals surface area contributed by atoms with Gasteiger partial charge in [0, 0.05) is 49.0 Å². The zero-order valence-corrected chi connectivity index (χ0v) is 20.4. The monoisotopic (exact) mass is 536 g/mol. The molecule has 1 unspecified atom stereocenters. The molecule has 1 saturated carbocycles. The van der Waals surface area contributed by atoms with Gasteiger partial charge in [0.25, 0.3) is 0 Å². The molecule has 202 valence electrons. The van der Waals surface area contributed by atoms with Gasteiger partial charge in [-0.25, -0.2) is 17.9 Å². The van der Waals surface area contributed by atoms with Crippen LogP contribution >= 0.6 is 0 Å². The summed E-state index contributed by atoms with van der Waals surface area (Å²) in [7, 11) is 0. The van der Waals surface area contributed by atoms with Gasteiger partial charge in [-0.05, 0) is 55.7 Å². The molecular weight excluding hydrogens is 510 g/mol. The van der Waals surface area contributed by atoms with Crippen molar-refractivity contribution >= 4 is 11.6 Å². The fraction of sp³-hybridized carbons (Fsp3) is 0.500. The van der Waals surface area contributed by atoms with Crippen molar-refractivity contribution in [1.29, 1.82) is 0 Å². The first-order valence-electron chi connectivity index (χ1n) is 12.8. The van der Waals surface area contributed by atoms with Crippen molar-refractivity contribution in [3.05, 3.63) is 65.0 Å². The van der Waals surface area contributed by atoms with E-state index in [0.29, 0.717) is 43.5 Å². The lowest BCUT2D eigenvalue weighted by Gasteiger charge is -2.39. The molecular formula is C26H26F6N6. The third-order valence-electron chi connectivity index (χ3n) is 8.09. The number of fused-ring (bicyclic) bond motifs is 3. The van der Waals surface area contributed by atoms with Gasteiger partial charge in [0.15, 0.2) is 17.5 Å². The summed E-state index contributed by atoms with van der Waals surface area (Å²) in [5, 5.41) is 8.07. The molecule has 1 saturated heterocycles. The quantitative estimate of drug-likeness (QED) is 0.340. The number of piperidine rings is 1. The van der Waals surface area contributed by atoms with Gasteiger partial charge in [0.1, 0.15) is 11.5 Å². The van der Waals surface area contributed by atoms with Crippen LogP contribution in [0.1, 0.15) is 55.1 Å². The van der Waals surface area contributed by atoms with E-state index >= 15 is 0 Å². The van der Waals surface area contributed by atoms with E-state index in [4.69, 9.17) is 0 Å². The Morgan fingerprint density at radius 2 is 1.68 bits per heavy atom. The van der Waals surface area contributed by atoms with Crippen LogP contribution in [0.2, 0.25) is 0 Å².